The summed E-state index contributed by atoms with van der Waals surface area (Å²) in [6.07, 6.45) is 5.30. The van der Waals surface area contributed by atoms with Crippen molar-refractivity contribution >= 4 is 28.1 Å². The maximum absolute atomic E-state index is 11.3. The molecule has 0 saturated heterocycles. The van der Waals surface area contributed by atoms with Gasteiger partial charge in [-0.1, -0.05) is 33.8 Å². The molecular weight excluding hydrogens is 282 g/mol. The fourth-order valence-electron chi connectivity index (χ4n) is 1.35. The van der Waals surface area contributed by atoms with Crippen LogP contribution in [0.4, 0.5) is 0 Å². The lowest BCUT2D eigenvalue weighted by Crippen LogP contribution is -1.91. The molecule has 3 nitrogen and oxygen atoms in total. The number of aromatic nitrogens is 1. The number of nitrogens with zero attached hydrogens (tertiary/aromatic N) is 1. The molecule has 0 aliphatic heterocycles. The van der Waals surface area contributed by atoms with Crippen molar-refractivity contribution < 1.29 is 10.2 Å². The predicted octanol–water partition coefficient (Wildman–Crippen LogP) is 2.79. The molecule has 0 saturated carbocycles. The summed E-state index contributed by atoms with van der Waals surface area (Å²) in [4.78, 5) is 4.13. The minimum Gasteiger partial charge on any atom is -0.869 e. The predicted molar refractivity (Wildman–Crippen MR) is 68.4 cm³/mol. The smallest absolute Gasteiger partial charge is 0.109 e. The maximum atomic E-state index is 11.3. The van der Waals surface area contributed by atoms with E-state index >= 15 is 0 Å². The fourth-order valence-corrected chi connectivity index (χ4v) is 1.82. The fraction of sp³-hybridized carbons (Fsp3) is 0. The van der Waals surface area contributed by atoms with Crippen LogP contribution >= 0.6 is 15.9 Å². The summed E-state index contributed by atoms with van der Waals surface area (Å²) < 4.78 is 0.346. The van der Waals surface area contributed by atoms with Gasteiger partial charge in [0.25, 0.3) is 0 Å². The molecule has 17 heavy (non-hydrogen) atoms. The highest BCUT2D eigenvalue weighted by molar-refractivity contribution is 9.10. The van der Waals surface area contributed by atoms with E-state index in [0.29, 0.717) is 4.47 Å². The van der Waals surface area contributed by atoms with E-state index in [0.717, 1.165) is 11.3 Å². The SMILES string of the molecule is [O-]c1c(O)cc(/C=C/c2ccccn2)cc1Br. The van der Waals surface area contributed by atoms with Crippen molar-refractivity contribution in [1.29, 1.82) is 0 Å². The Labute approximate surface area is 107 Å². The van der Waals surface area contributed by atoms with Crippen molar-refractivity contribution in [3.05, 3.63) is 52.3 Å². The summed E-state index contributed by atoms with van der Waals surface area (Å²) in [6, 6.07) is 8.67. The molecule has 0 unspecified atom stereocenters. The Morgan fingerprint density at radius 1 is 1.24 bits per heavy atom. The highest BCUT2D eigenvalue weighted by Gasteiger charge is 1.98. The van der Waals surface area contributed by atoms with Crippen LogP contribution < -0.4 is 5.11 Å². The second-order valence-corrected chi connectivity index (χ2v) is 4.29. The monoisotopic (exact) mass is 290 g/mol. The molecule has 2 rings (SSSR count). The van der Waals surface area contributed by atoms with E-state index in [2.05, 4.69) is 20.9 Å². The zero-order chi connectivity index (χ0) is 12.3. The van der Waals surface area contributed by atoms with Crippen molar-refractivity contribution in [2.75, 3.05) is 0 Å². The average molecular weight is 291 g/mol. The lowest BCUT2D eigenvalue weighted by molar-refractivity contribution is -0.271. The van der Waals surface area contributed by atoms with Crippen molar-refractivity contribution in [3.63, 3.8) is 0 Å². The van der Waals surface area contributed by atoms with Crippen LogP contribution in [0.5, 0.6) is 11.5 Å². The standard InChI is InChI=1S/C13H10BrNO2/c14-11-7-9(8-12(16)13(11)17)4-5-10-3-1-2-6-15-10/h1-8,16-17H/p-1/b5-4+. The second kappa shape index (κ2) is 5.01. The van der Waals surface area contributed by atoms with Crippen LogP contribution in [-0.4, -0.2) is 10.1 Å². The minimum atomic E-state index is -0.403. The summed E-state index contributed by atoms with van der Waals surface area (Å²) in [5.41, 5.74) is 1.55. The van der Waals surface area contributed by atoms with Gasteiger partial charge in [0.2, 0.25) is 0 Å². The number of phenolic OH excluding ortho intramolecular Hbond substituents is 1. The van der Waals surface area contributed by atoms with E-state index in [9.17, 15) is 10.2 Å². The van der Waals surface area contributed by atoms with Crippen LogP contribution in [0, 0.1) is 0 Å². The van der Waals surface area contributed by atoms with Gasteiger partial charge in [0.05, 0.1) is 5.69 Å². The molecule has 86 valence electrons. The van der Waals surface area contributed by atoms with Gasteiger partial charge in [0, 0.05) is 10.7 Å². The molecule has 0 radical (unpaired) electrons. The quantitative estimate of drug-likeness (QED) is 0.925. The highest BCUT2D eigenvalue weighted by Crippen LogP contribution is 2.32. The number of rotatable bonds is 2. The summed E-state index contributed by atoms with van der Waals surface area (Å²) in [6.45, 7) is 0. The first-order valence-electron chi connectivity index (χ1n) is 4.95. The highest BCUT2D eigenvalue weighted by atomic mass is 79.9. The summed E-state index contributed by atoms with van der Waals surface area (Å²) >= 11 is 3.10. The average Bonchev–Trinajstić information content (AvgIpc) is 2.34. The third kappa shape index (κ3) is 2.85. The van der Waals surface area contributed by atoms with Gasteiger partial charge in [0.1, 0.15) is 5.75 Å². The molecule has 1 N–H and O–H groups in total. The van der Waals surface area contributed by atoms with E-state index in [4.69, 9.17) is 0 Å². The van der Waals surface area contributed by atoms with Gasteiger partial charge in [-0.25, -0.2) is 0 Å². The molecule has 1 heterocycles. The van der Waals surface area contributed by atoms with Crippen molar-refractivity contribution in [2.45, 2.75) is 0 Å². The van der Waals surface area contributed by atoms with E-state index in [-0.39, 0.29) is 5.75 Å². The van der Waals surface area contributed by atoms with E-state index < -0.39 is 5.75 Å². The maximum Gasteiger partial charge on any atom is 0.109 e. The summed E-state index contributed by atoms with van der Waals surface area (Å²) in [7, 11) is 0. The van der Waals surface area contributed by atoms with Crippen LogP contribution in [0.25, 0.3) is 12.2 Å². The van der Waals surface area contributed by atoms with E-state index in [1.807, 2.05) is 24.3 Å². The van der Waals surface area contributed by atoms with Gasteiger partial charge >= 0.3 is 0 Å². The number of hydrogen-bond acceptors (Lipinski definition) is 3. The number of benzene rings is 1. The molecular formula is C13H9BrNO2-. The summed E-state index contributed by atoms with van der Waals surface area (Å²) in [5.74, 6) is -0.667. The van der Waals surface area contributed by atoms with E-state index in [1.54, 1.807) is 18.3 Å². The van der Waals surface area contributed by atoms with Crippen molar-refractivity contribution in [2.24, 2.45) is 0 Å². The molecule has 0 aliphatic rings. The number of hydrogen-bond donors (Lipinski definition) is 1. The topological polar surface area (TPSA) is 56.2 Å². The Morgan fingerprint density at radius 3 is 2.71 bits per heavy atom. The molecule has 0 bridgehead atoms. The molecule has 0 spiro atoms. The Kier molecular flexibility index (Phi) is 3.44. The largest absolute Gasteiger partial charge is 0.869 e. The first kappa shape index (κ1) is 11.7. The lowest BCUT2D eigenvalue weighted by atomic mass is 10.1. The lowest BCUT2D eigenvalue weighted by Gasteiger charge is -2.11. The molecule has 0 aliphatic carbocycles. The molecule has 0 amide bonds. The Bertz CT molecular complexity index is 530. The molecule has 0 atom stereocenters. The molecule has 4 heteroatoms. The Hall–Kier alpha value is -1.81. The van der Waals surface area contributed by atoms with Gasteiger partial charge in [-0.15, -0.1) is 0 Å². The van der Waals surface area contributed by atoms with Crippen LogP contribution in [-0.2, 0) is 0 Å². The van der Waals surface area contributed by atoms with Gasteiger partial charge in [0.15, 0.2) is 0 Å². The van der Waals surface area contributed by atoms with Crippen molar-refractivity contribution in [3.8, 4) is 11.5 Å². The number of aromatic hydroxyl groups is 1. The van der Waals surface area contributed by atoms with Crippen LogP contribution in [0.3, 0.4) is 0 Å². The minimum absolute atomic E-state index is 0.264. The number of phenols is 1. The third-order valence-corrected chi connectivity index (χ3v) is 2.77. The van der Waals surface area contributed by atoms with Gasteiger partial charge in [-0.05, 0) is 35.9 Å². The Balaban J connectivity index is 2.28. The number of pyridine rings is 1. The van der Waals surface area contributed by atoms with E-state index in [1.165, 1.54) is 6.07 Å². The number of halogens is 1. The second-order valence-electron chi connectivity index (χ2n) is 3.44. The van der Waals surface area contributed by atoms with Gasteiger partial charge < -0.3 is 10.2 Å². The molecule has 0 fully saturated rings. The molecule has 2 aromatic rings. The zero-order valence-corrected chi connectivity index (χ0v) is 10.4. The third-order valence-electron chi connectivity index (χ3n) is 2.18. The first-order valence-corrected chi connectivity index (χ1v) is 5.75. The van der Waals surface area contributed by atoms with Crippen molar-refractivity contribution in [1.82, 2.24) is 4.98 Å². The first-order chi connectivity index (χ1) is 8.16. The molecule has 1 aromatic carbocycles. The summed E-state index contributed by atoms with van der Waals surface area (Å²) in [5, 5.41) is 20.6. The van der Waals surface area contributed by atoms with Crippen LogP contribution in [0.2, 0.25) is 0 Å². The Morgan fingerprint density at radius 2 is 2.06 bits per heavy atom. The zero-order valence-electron chi connectivity index (χ0n) is 8.80. The van der Waals surface area contributed by atoms with Crippen LogP contribution in [0.1, 0.15) is 11.3 Å². The van der Waals surface area contributed by atoms with Gasteiger partial charge in [-0.2, -0.15) is 0 Å². The molecule has 1 aromatic heterocycles. The van der Waals surface area contributed by atoms with Crippen LogP contribution in [0.15, 0.2) is 41.0 Å². The van der Waals surface area contributed by atoms with Gasteiger partial charge in [-0.3, -0.25) is 4.98 Å². The normalized spacial score (nSPS) is 10.9.